The highest BCUT2D eigenvalue weighted by Crippen LogP contribution is 2.22. The SMILES string of the molecule is CCc1nc2scc(C#Cc3cnn(C)c3)c2c(=O)n1-c1ccccc1. The molecule has 26 heavy (non-hydrogen) atoms. The number of fused-ring (bicyclic) bond motifs is 1. The zero-order chi connectivity index (χ0) is 18.1. The Morgan fingerprint density at radius 1 is 1.19 bits per heavy atom. The lowest BCUT2D eigenvalue weighted by molar-refractivity contribution is 0.767. The molecular weight excluding hydrogens is 344 g/mol. The molecule has 0 unspecified atom stereocenters. The molecule has 0 saturated heterocycles. The van der Waals surface area contributed by atoms with Crippen LogP contribution in [0.5, 0.6) is 0 Å². The van der Waals surface area contributed by atoms with Crippen molar-refractivity contribution >= 4 is 21.6 Å². The van der Waals surface area contributed by atoms with Gasteiger partial charge in [-0.3, -0.25) is 14.0 Å². The van der Waals surface area contributed by atoms with Gasteiger partial charge in [0.15, 0.2) is 0 Å². The highest BCUT2D eigenvalue weighted by Gasteiger charge is 2.15. The van der Waals surface area contributed by atoms with Crippen LogP contribution in [0.3, 0.4) is 0 Å². The number of aromatic nitrogens is 4. The number of rotatable bonds is 2. The van der Waals surface area contributed by atoms with Gasteiger partial charge in [-0.15, -0.1) is 11.3 Å². The van der Waals surface area contributed by atoms with Crippen molar-refractivity contribution in [3.63, 3.8) is 0 Å². The van der Waals surface area contributed by atoms with E-state index in [0.29, 0.717) is 17.4 Å². The monoisotopic (exact) mass is 360 g/mol. The van der Waals surface area contributed by atoms with Gasteiger partial charge in [0.1, 0.15) is 10.7 Å². The van der Waals surface area contributed by atoms with Gasteiger partial charge in [-0.25, -0.2) is 4.98 Å². The Bertz CT molecular complexity index is 1210. The van der Waals surface area contributed by atoms with Crippen LogP contribution in [0, 0.1) is 11.8 Å². The molecule has 0 spiro atoms. The van der Waals surface area contributed by atoms with E-state index in [1.807, 2.05) is 55.9 Å². The number of benzene rings is 1. The van der Waals surface area contributed by atoms with Crippen LogP contribution in [-0.4, -0.2) is 19.3 Å². The highest BCUT2D eigenvalue weighted by atomic mass is 32.1. The number of para-hydroxylation sites is 1. The maximum atomic E-state index is 13.3. The molecule has 5 nitrogen and oxygen atoms in total. The molecule has 0 fully saturated rings. The summed E-state index contributed by atoms with van der Waals surface area (Å²) in [7, 11) is 1.85. The van der Waals surface area contributed by atoms with E-state index in [1.54, 1.807) is 15.4 Å². The fourth-order valence-corrected chi connectivity index (χ4v) is 3.71. The van der Waals surface area contributed by atoms with Gasteiger partial charge < -0.3 is 0 Å². The van der Waals surface area contributed by atoms with Crippen LogP contribution in [0.1, 0.15) is 23.9 Å². The second-order valence-corrected chi connectivity index (χ2v) is 6.70. The molecule has 6 heteroatoms. The lowest BCUT2D eigenvalue weighted by Crippen LogP contribution is -2.23. The van der Waals surface area contributed by atoms with E-state index in [2.05, 4.69) is 16.9 Å². The summed E-state index contributed by atoms with van der Waals surface area (Å²) in [6, 6.07) is 9.61. The zero-order valence-corrected chi connectivity index (χ0v) is 15.2. The van der Waals surface area contributed by atoms with Gasteiger partial charge in [-0.05, 0) is 12.1 Å². The third-order valence-electron chi connectivity index (χ3n) is 4.05. The molecule has 0 aliphatic heterocycles. The predicted octanol–water partition coefficient (Wildman–Crippen LogP) is 3.14. The molecule has 3 aromatic heterocycles. The summed E-state index contributed by atoms with van der Waals surface area (Å²) < 4.78 is 3.39. The number of thiophene rings is 1. The van der Waals surface area contributed by atoms with E-state index in [4.69, 9.17) is 4.98 Å². The Kier molecular flexibility index (Phi) is 4.15. The largest absolute Gasteiger partial charge is 0.275 e. The molecular formula is C20H16N4OS. The van der Waals surface area contributed by atoms with Crippen molar-refractivity contribution in [2.24, 2.45) is 7.05 Å². The van der Waals surface area contributed by atoms with Crippen LogP contribution < -0.4 is 5.56 Å². The van der Waals surface area contributed by atoms with E-state index in [1.165, 1.54) is 11.3 Å². The Balaban J connectivity index is 1.93. The fourth-order valence-electron chi connectivity index (χ4n) is 2.83. The summed E-state index contributed by atoms with van der Waals surface area (Å²) in [6.07, 6.45) is 4.23. The van der Waals surface area contributed by atoms with Gasteiger partial charge in [0.05, 0.1) is 28.4 Å². The van der Waals surface area contributed by atoms with E-state index < -0.39 is 0 Å². The van der Waals surface area contributed by atoms with Crippen LogP contribution in [0.15, 0.2) is 52.9 Å². The minimum absolute atomic E-state index is 0.0743. The molecule has 0 amide bonds. The first-order valence-corrected chi connectivity index (χ1v) is 9.14. The summed E-state index contributed by atoms with van der Waals surface area (Å²) in [6.45, 7) is 2.00. The normalized spacial score (nSPS) is 10.7. The molecule has 0 saturated carbocycles. The van der Waals surface area contributed by atoms with Crippen LogP contribution >= 0.6 is 11.3 Å². The maximum absolute atomic E-state index is 13.3. The Labute approximate surface area is 154 Å². The first-order valence-electron chi connectivity index (χ1n) is 8.26. The predicted molar refractivity (Wildman–Crippen MR) is 104 cm³/mol. The molecule has 0 N–H and O–H groups in total. The van der Waals surface area contributed by atoms with Crippen LogP contribution in [0.2, 0.25) is 0 Å². The molecule has 4 rings (SSSR count). The number of hydrogen-bond donors (Lipinski definition) is 0. The van der Waals surface area contributed by atoms with Gasteiger partial charge >= 0.3 is 0 Å². The Hall–Kier alpha value is -3.17. The number of aryl methyl sites for hydroxylation is 2. The fraction of sp³-hybridized carbons (Fsp3) is 0.150. The second kappa shape index (κ2) is 6.62. The minimum atomic E-state index is -0.0743. The van der Waals surface area contributed by atoms with Crippen molar-refractivity contribution < 1.29 is 0 Å². The summed E-state index contributed by atoms with van der Waals surface area (Å²) in [5, 5.41) is 6.59. The Morgan fingerprint density at radius 2 is 2.00 bits per heavy atom. The van der Waals surface area contributed by atoms with Crippen LogP contribution in [-0.2, 0) is 13.5 Å². The van der Waals surface area contributed by atoms with Crippen molar-refractivity contribution in [2.45, 2.75) is 13.3 Å². The van der Waals surface area contributed by atoms with Gasteiger partial charge in [0.2, 0.25) is 0 Å². The van der Waals surface area contributed by atoms with Crippen molar-refractivity contribution in [1.29, 1.82) is 0 Å². The average Bonchev–Trinajstić information content (AvgIpc) is 3.26. The van der Waals surface area contributed by atoms with Gasteiger partial charge in [-0.2, -0.15) is 5.10 Å². The third-order valence-corrected chi connectivity index (χ3v) is 4.93. The second-order valence-electron chi connectivity index (χ2n) is 5.84. The first kappa shape index (κ1) is 16.3. The third kappa shape index (κ3) is 2.83. The van der Waals surface area contributed by atoms with E-state index in [0.717, 1.165) is 21.9 Å². The maximum Gasteiger partial charge on any atom is 0.268 e. The van der Waals surface area contributed by atoms with Crippen molar-refractivity contribution in [3.8, 4) is 17.5 Å². The zero-order valence-electron chi connectivity index (χ0n) is 14.4. The average molecular weight is 360 g/mol. The summed E-state index contributed by atoms with van der Waals surface area (Å²) in [4.78, 5) is 18.7. The van der Waals surface area contributed by atoms with Crippen LogP contribution in [0.25, 0.3) is 15.9 Å². The van der Waals surface area contributed by atoms with Crippen LogP contribution in [0.4, 0.5) is 0 Å². The summed E-state index contributed by atoms with van der Waals surface area (Å²) in [5.41, 5.74) is 2.27. The lowest BCUT2D eigenvalue weighted by Gasteiger charge is -2.11. The molecule has 4 aromatic rings. The quantitative estimate of drug-likeness (QED) is 0.516. The molecule has 0 aliphatic rings. The van der Waals surface area contributed by atoms with Crippen molar-refractivity contribution in [1.82, 2.24) is 19.3 Å². The number of nitrogens with zero attached hydrogens (tertiary/aromatic N) is 4. The van der Waals surface area contributed by atoms with Crippen molar-refractivity contribution in [2.75, 3.05) is 0 Å². The molecule has 128 valence electrons. The smallest absolute Gasteiger partial charge is 0.268 e. The van der Waals surface area contributed by atoms with Crippen molar-refractivity contribution in [3.05, 3.63) is 75.4 Å². The molecule has 3 heterocycles. The molecule has 1 aromatic carbocycles. The summed E-state index contributed by atoms with van der Waals surface area (Å²) >= 11 is 1.45. The van der Waals surface area contributed by atoms with E-state index in [-0.39, 0.29) is 5.56 Å². The van der Waals surface area contributed by atoms with E-state index >= 15 is 0 Å². The highest BCUT2D eigenvalue weighted by molar-refractivity contribution is 7.17. The molecule has 0 bridgehead atoms. The summed E-state index contributed by atoms with van der Waals surface area (Å²) in [5.74, 6) is 6.93. The lowest BCUT2D eigenvalue weighted by atomic mass is 10.2. The Morgan fingerprint density at radius 3 is 2.69 bits per heavy atom. The van der Waals surface area contributed by atoms with Gasteiger partial charge in [0.25, 0.3) is 5.56 Å². The van der Waals surface area contributed by atoms with Gasteiger partial charge in [0, 0.05) is 25.0 Å². The molecule has 0 aliphatic carbocycles. The van der Waals surface area contributed by atoms with E-state index in [9.17, 15) is 4.79 Å². The van der Waals surface area contributed by atoms with Gasteiger partial charge in [-0.1, -0.05) is 37.0 Å². The topological polar surface area (TPSA) is 52.7 Å². The minimum Gasteiger partial charge on any atom is -0.275 e. The number of hydrogen-bond acceptors (Lipinski definition) is 4. The molecule has 0 radical (unpaired) electrons. The first-order chi connectivity index (χ1) is 12.7. The molecule has 0 atom stereocenters. The standard InChI is InChI=1S/C20H16N4OS/c1-3-17-22-19-18(20(25)24(17)16-7-5-4-6-8-16)15(13-26-19)10-9-14-11-21-23(2)12-14/h4-8,11-13H,3H2,1-2H3.